The molecule has 1 aromatic heterocycles. The molecule has 9 heteroatoms. The number of aliphatic imine (C=N–C) groups is 1. The molecule has 1 unspecified atom stereocenters. The van der Waals surface area contributed by atoms with Gasteiger partial charge >= 0.3 is 0 Å². The Hall–Kier alpha value is -0.940. The van der Waals surface area contributed by atoms with Crippen molar-refractivity contribution in [2.45, 2.75) is 39.3 Å². The molecule has 0 radical (unpaired) electrons. The first-order chi connectivity index (χ1) is 11.8. The fourth-order valence-corrected chi connectivity index (χ4v) is 2.66. The van der Waals surface area contributed by atoms with Gasteiger partial charge in [-0.25, -0.2) is 0 Å². The van der Waals surface area contributed by atoms with E-state index in [1.54, 1.807) is 12.7 Å². The Kier molecular flexibility index (Phi) is 11.7. The van der Waals surface area contributed by atoms with Gasteiger partial charge in [0.25, 0.3) is 0 Å². The number of nitrogens with zero attached hydrogens (tertiary/aromatic N) is 5. The van der Waals surface area contributed by atoms with Gasteiger partial charge in [-0.2, -0.15) is 0 Å². The molecule has 0 spiro atoms. The van der Waals surface area contributed by atoms with Gasteiger partial charge in [-0.15, -0.1) is 34.2 Å². The minimum absolute atomic E-state index is 0. The zero-order valence-electron chi connectivity index (χ0n) is 15.4. The highest BCUT2D eigenvalue weighted by Crippen LogP contribution is 2.03. The van der Waals surface area contributed by atoms with Crippen LogP contribution in [0, 0.1) is 0 Å². The third-order valence-electron chi connectivity index (χ3n) is 4.13. The van der Waals surface area contributed by atoms with Gasteiger partial charge in [0.15, 0.2) is 5.96 Å². The monoisotopic (exact) mass is 465 g/mol. The quantitative estimate of drug-likeness (QED) is 0.245. The van der Waals surface area contributed by atoms with Crippen LogP contribution in [-0.2, 0) is 11.3 Å². The van der Waals surface area contributed by atoms with Crippen molar-refractivity contribution in [1.29, 1.82) is 0 Å². The number of hydrogen-bond acceptors (Lipinski definition) is 5. The van der Waals surface area contributed by atoms with E-state index in [1.807, 2.05) is 4.57 Å². The van der Waals surface area contributed by atoms with Crippen molar-refractivity contribution in [3.8, 4) is 0 Å². The van der Waals surface area contributed by atoms with Crippen LogP contribution in [0.25, 0.3) is 0 Å². The number of unbranched alkanes of at least 4 members (excludes halogenated alkanes) is 1. The van der Waals surface area contributed by atoms with Gasteiger partial charge in [-0.05, 0) is 26.7 Å². The Morgan fingerprint density at radius 2 is 1.92 bits per heavy atom. The first kappa shape index (κ1) is 22.1. The van der Waals surface area contributed by atoms with Crippen molar-refractivity contribution in [3.05, 3.63) is 12.7 Å². The van der Waals surface area contributed by atoms with E-state index >= 15 is 0 Å². The molecule has 1 fully saturated rings. The molecule has 0 aliphatic carbocycles. The number of aryl methyl sites for hydroxylation is 1. The SMILES string of the molecule is CCNC(=NCC(C)N1CCOCC1)NCCCCn1cnnc1.I. The first-order valence-electron chi connectivity index (χ1n) is 8.96. The maximum Gasteiger partial charge on any atom is 0.191 e. The number of morpholine rings is 1. The summed E-state index contributed by atoms with van der Waals surface area (Å²) in [6.07, 6.45) is 5.69. The molecule has 0 saturated carbocycles. The number of hydrogen-bond donors (Lipinski definition) is 2. The van der Waals surface area contributed by atoms with Gasteiger partial charge in [0, 0.05) is 38.8 Å². The van der Waals surface area contributed by atoms with E-state index in [0.717, 1.165) is 71.3 Å². The Bertz CT molecular complexity index is 463. The molecule has 25 heavy (non-hydrogen) atoms. The molecule has 8 nitrogen and oxygen atoms in total. The lowest BCUT2D eigenvalue weighted by Crippen LogP contribution is -2.44. The molecule has 2 heterocycles. The zero-order chi connectivity index (χ0) is 17.0. The third kappa shape index (κ3) is 8.82. The fourth-order valence-electron chi connectivity index (χ4n) is 2.66. The number of nitrogens with one attached hydrogen (secondary N) is 2. The number of rotatable bonds is 9. The average molecular weight is 465 g/mol. The summed E-state index contributed by atoms with van der Waals surface area (Å²) in [4.78, 5) is 7.16. The van der Waals surface area contributed by atoms with Crippen LogP contribution in [0.4, 0.5) is 0 Å². The van der Waals surface area contributed by atoms with Crippen LogP contribution in [0.2, 0.25) is 0 Å². The minimum Gasteiger partial charge on any atom is -0.379 e. The highest BCUT2D eigenvalue weighted by atomic mass is 127. The topological polar surface area (TPSA) is 79.6 Å². The van der Waals surface area contributed by atoms with E-state index in [9.17, 15) is 0 Å². The van der Waals surface area contributed by atoms with E-state index in [2.05, 4.69) is 39.6 Å². The smallest absolute Gasteiger partial charge is 0.191 e. The number of aromatic nitrogens is 3. The van der Waals surface area contributed by atoms with E-state index < -0.39 is 0 Å². The summed E-state index contributed by atoms with van der Waals surface area (Å²) in [7, 11) is 0. The van der Waals surface area contributed by atoms with Gasteiger partial charge < -0.3 is 19.9 Å². The summed E-state index contributed by atoms with van der Waals surface area (Å²) in [5.41, 5.74) is 0. The molecule has 2 N–H and O–H groups in total. The van der Waals surface area contributed by atoms with Crippen molar-refractivity contribution >= 4 is 29.9 Å². The summed E-state index contributed by atoms with van der Waals surface area (Å²) in [5, 5.41) is 14.3. The van der Waals surface area contributed by atoms with Crippen LogP contribution < -0.4 is 10.6 Å². The second-order valence-electron chi connectivity index (χ2n) is 6.05. The van der Waals surface area contributed by atoms with Gasteiger partial charge in [0.2, 0.25) is 0 Å². The molecule has 0 amide bonds. The Balaban J connectivity index is 0.00000312. The molecule has 144 valence electrons. The lowest BCUT2D eigenvalue weighted by Gasteiger charge is -2.31. The molecular formula is C16H32IN7O. The lowest BCUT2D eigenvalue weighted by atomic mass is 10.2. The largest absolute Gasteiger partial charge is 0.379 e. The molecule has 2 rings (SSSR count). The summed E-state index contributed by atoms with van der Waals surface area (Å²) in [6, 6.07) is 0.443. The molecule has 1 saturated heterocycles. The summed E-state index contributed by atoms with van der Waals surface area (Å²) < 4.78 is 7.41. The Morgan fingerprint density at radius 1 is 1.20 bits per heavy atom. The lowest BCUT2D eigenvalue weighted by molar-refractivity contribution is 0.0220. The molecule has 1 atom stereocenters. The van der Waals surface area contributed by atoms with Gasteiger partial charge in [-0.3, -0.25) is 9.89 Å². The summed E-state index contributed by atoms with van der Waals surface area (Å²) in [6.45, 7) is 11.5. The van der Waals surface area contributed by atoms with Crippen LogP contribution in [0.5, 0.6) is 0 Å². The molecular weight excluding hydrogens is 433 g/mol. The van der Waals surface area contributed by atoms with Crippen molar-refractivity contribution < 1.29 is 4.74 Å². The summed E-state index contributed by atoms with van der Waals surface area (Å²) in [5.74, 6) is 0.905. The van der Waals surface area contributed by atoms with Crippen molar-refractivity contribution in [2.24, 2.45) is 4.99 Å². The van der Waals surface area contributed by atoms with E-state index in [0.29, 0.717) is 6.04 Å². The highest BCUT2D eigenvalue weighted by molar-refractivity contribution is 14.0. The van der Waals surface area contributed by atoms with E-state index in [4.69, 9.17) is 9.73 Å². The maximum absolute atomic E-state index is 5.41. The van der Waals surface area contributed by atoms with E-state index in [-0.39, 0.29) is 24.0 Å². The maximum atomic E-state index is 5.41. The average Bonchev–Trinajstić information content (AvgIpc) is 3.13. The van der Waals surface area contributed by atoms with Crippen LogP contribution in [0.3, 0.4) is 0 Å². The third-order valence-corrected chi connectivity index (χ3v) is 4.13. The molecule has 1 aliphatic heterocycles. The highest BCUT2D eigenvalue weighted by Gasteiger charge is 2.16. The molecule has 1 aliphatic rings. The van der Waals surface area contributed by atoms with Crippen LogP contribution in [-0.4, -0.2) is 77.6 Å². The second-order valence-corrected chi connectivity index (χ2v) is 6.05. The van der Waals surface area contributed by atoms with E-state index in [1.165, 1.54) is 0 Å². The first-order valence-corrected chi connectivity index (χ1v) is 8.96. The minimum atomic E-state index is 0. The fraction of sp³-hybridized carbons (Fsp3) is 0.812. The molecule has 0 aromatic carbocycles. The Morgan fingerprint density at radius 3 is 2.60 bits per heavy atom. The molecule has 0 bridgehead atoms. The van der Waals surface area contributed by atoms with Crippen molar-refractivity contribution in [3.63, 3.8) is 0 Å². The Labute approximate surface area is 167 Å². The van der Waals surface area contributed by atoms with Gasteiger partial charge in [-0.1, -0.05) is 0 Å². The van der Waals surface area contributed by atoms with Crippen LogP contribution >= 0.6 is 24.0 Å². The number of guanidine groups is 1. The van der Waals surface area contributed by atoms with Crippen molar-refractivity contribution in [1.82, 2.24) is 30.3 Å². The van der Waals surface area contributed by atoms with Crippen molar-refractivity contribution in [2.75, 3.05) is 45.9 Å². The molecule has 1 aromatic rings. The predicted molar refractivity (Wildman–Crippen MR) is 111 cm³/mol. The standard InChI is InChI=1S/C16H31N7O.HI/c1-3-17-16(18-6-4-5-7-22-13-20-21-14-22)19-12-15(2)23-8-10-24-11-9-23;/h13-15H,3-12H2,1-2H3,(H2,17,18,19);1H. The summed E-state index contributed by atoms with van der Waals surface area (Å²) >= 11 is 0. The van der Waals surface area contributed by atoms with Gasteiger partial charge in [0.05, 0.1) is 19.8 Å². The number of ether oxygens (including phenoxy) is 1. The normalized spacial score (nSPS) is 17.0. The second kappa shape index (κ2) is 13.3. The van der Waals surface area contributed by atoms with Gasteiger partial charge in [0.1, 0.15) is 12.7 Å². The van der Waals surface area contributed by atoms with Crippen LogP contribution in [0.1, 0.15) is 26.7 Å². The van der Waals surface area contributed by atoms with Crippen LogP contribution in [0.15, 0.2) is 17.6 Å². The predicted octanol–water partition coefficient (Wildman–Crippen LogP) is 0.952. The number of halogens is 1. The zero-order valence-corrected chi connectivity index (χ0v) is 17.7.